The SMILES string of the molecule is COC(=O)Oc1[nH]c(C)c(C)c1OCC(O)CN1CCC(O)(c2ccc(F)cc2)CC1. The number of carbonyl (C=O) groups is 1. The fraction of sp³-hybridized carbons (Fsp3) is 0.500. The Morgan fingerprint density at radius 2 is 1.90 bits per heavy atom. The predicted octanol–water partition coefficient (Wildman–Crippen LogP) is 2.64. The van der Waals surface area contributed by atoms with Gasteiger partial charge in [0.1, 0.15) is 18.5 Å². The summed E-state index contributed by atoms with van der Waals surface area (Å²) >= 11 is 0. The zero-order valence-electron chi connectivity index (χ0n) is 18.0. The maximum atomic E-state index is 13.1. The monoisotopic (exact) mass is 436 g/mol. The number of halogens is 1. The quantitative estimate of drug-likeness (QED) is 0.573. The third-order valence-electron chi connectivity index (χ3n) is 5.72. The van der Waals surface area contributed by atoms with Crippen LogP contribution in [0.5, 0.6) is 11.6 Å². The van der Waals surface area contributed by atoms with Crippen molar-refractivity contribution in [3.63, 3.8) is 0 Å². The number of aromatic amines is 1. The van der Waals surface area contributed by atoms with E-state index in [9.17, 15) is 19.4 Å². The van der Waals surface area contributed by atoms with Gasteiger partial charge in [0.25, 0.3) is 0 Å². The van der Waals surface area contributed by atoms with E-state index in [1.165, 1.54) is 19.2 Å². The summed E-state index contributed by atoms with van der Waals surface area (Å²) in [6.07, 6.45) is -0.676. The Morgan fingerprint density at radius 1 is 1.26 bits per heavy atom. The minimum atomic E-state index is -0.995. The molecule has 1 aromatic carbocycles. The fourth-order valence-electron chi connectivity index (χ4n) is 3.72. The average molecular weight is 436 g/mol. The number of aromatic nitrogens is 1. The lowest BCUT2D eigenvalue weighted by Crippen LogP contribution is -2.46. The van der Waals surface area contributed by atoms with Gasteiger partial charge in [-0.05, 0) is 44.4 Å². The lowest BCUT2D eigenvalue weighted by atomic mass is 9.84. The molecule has 2 aromatic rings. The van der Waals surface area contributed by atoms with E-state index in [1.54, 1.807) is 12.1 Å². The Bertz CT molecular complexity index is 890. The van der Waals surface area contributed by atoms with Crippen LogP contribution in [0.25, 0.3) is 0 Å². The first-order valence-electron chi connectivity index (χ1n) is 10.2. The van der Waals surface area contributed by atoms with E-state index in [0.29, 0.717) is 43.8 Å². The molecule has 1 saturated heterocycles. The van der Waals surface area contributed by atoms with Crippen LogP contribution in [0.1, 0.15) is 29.7 Å². The summed E-state index contributed by atoms with van der Waals surface area (Å²) in [6, 6.07) is 5.93. The van der Waals surface area contributed by atoms with Gasteiger partial charge < -0.3 is 34.3 Å². The number of β-amino-alcohol motifs (C(OH)–C–C–N with tert-alkyl or cyclic N) is 1. The van der Waals surface area contributed by atoms with Crippen LogP contribution in [-0.2, 0) is 10.3 Å². The first kappa shape index (κ1) is 23.1. The summed E-state index contributed by atoms with van der Waals surface area (Å²) < 4.78 is 28.5. The maximum Gasteiger partial charge on any atom is 0.514 e. The number of hydrogen-bond donors (Lipinski definition) is 3. The van der Waals surface area contributed by atoms with Crippen molar-refractivity contribution >= 4 is 6.16 Å². The number of piperidine rings is 1. The molecule has 9 heteroatoms. The summed E-state index contributed by atoms with van der Waals surface area (Å²) in [5, 5.41) is 21.3. The van der Waals surface area contributed by atoms with Crippen molar-refractivity contribution in [2.45, 2.75) is 38.4 Å². The largest absolute Gasteiger partial charge is 0.514 e. The Morgan fingerprint density at radius 3 is 2.52 bits per heavy atom. The summed E-state index contributed by atoms with van der Waals surface area (Å²) in [7, 11) is 1.21. The summed E-state index contributed by atoms with van der Waals surface area (Å²) in [5.41, 5.74) is 1.26. The second-order valence-electron chi connectivity index (χ2n) is 7.89. The predicted molar refractivity (Wildman–Crippen MR) is 111 cm³/mol. The molecule has 3 rings (SSSR count). The minimum Gasteiger partial charge on any atom is -0.485 e. The number of methoxy groups -OCH3 is 1. The van der Waals surface area contributed by atoms with Gasteiger partial charge in [-0.25, -0.2) is 9.18 Å². The topological polar surface area (TPSA) is 104 Å². The second-order valence-corrected chi connectivity index (χ2v) is 7.89. The van der Waals surface area contributed by atoms with Crippen LogP contribution in [0.4, 0.5) is 9.18 Å². The molecule has 2 heterocycles. The normalized spacial score (nSPS) is 17.2. The van der Waals surface area contributed by atoms with Crippen LogP contribution in [0.2, 0.25) is 0 Å². The van der Waals surface area contributed by atoms with Crippen LogP contribution in [0.3, 0.4) is 0 Å². The van der Waals surface area contributed by atoms with Gasteiger partial charge in [-0.3, -0.25) is 0 Å². The number of ether oxygens (including phenoxy) is 3. The number of likely N-dealkylation sites (tertiary alicyclic amines) is 1. The van der Waals surface area contributed by atoms with Crippen molar-refractivity contribution in [1.29, 1.82) is 0 Å². The molecule has 1 fully saturated rings. The van der Waals surface area contributed by atoms with Crippen molar-refractivity contribution in [3.8, 4) is 11.6 Å². The van der Waals surface area contributed by atoms with Gasteiger partial charge in [0, 0.05) is 30.9 Å². The molecule has 1 aromatic heterocycles. The molecule has 0 radical (unpaired) electrons. The number of hydrogen-bond acceptors (Lipinski definition) is 7. The second kappa shape index (κ2) is 9.67. The van der Waals surface area contributed by atoms with Gasteiger partial charge in [0.15, 0.2) is 5.75 Å². The Balaban J connectivity index is 1.52. The molecule has 1 atom stereocenters. The highest BCUT2D eigenvalue weighted by Crippen LogP contribution is 2.34. The number of aliphatic hydroxyl groups is 2. The van der Waals surface area contributed by atoms with Crippen LogP contribution >= 0.6 is 0 Å². The van der Waals surface area contributed by atoms with Crippen LogP contribution in [0, 0.1) is 19.7 Å². The molecule has 170 valence electrons. The Kier molecular flexibility index (Phi) is 7.19. The lowest BCUT2D eigenvalue weighted by Gasteiger charge is -2.39. The fourth-order valence-corrected chi connectivity index (χ4v) is 3.72. The van der Waals surface area contributed by atoms with Gasteiger partial charge in [0.2, 0.25) is 5.88 Å². The molecule has 3 N–H and O–H groups in total. The van der Waals surface area contributed by atoms with Gasteiger partial charge >= 0.3 is 6.16 Å². The number of nitrogens with zero attached hydrogens (tertiary/aromatic N) is 1. The first-order chi connectivity index (χ1) is 14.7. The molecule has 0 aliphatic carbocycles. The molecule has 1 unspecified atom stereocenters. The summed E-state index contributed by atoms with van der Waals surface area (Å²) in [5.74, 6) is 0.156. The number of rotatable bonds is 7. The molecule has 1 aliphatic heterocycles. The Labute approximate surface area is 180 Å². The van der Waals surface area contributed by atoms with Gasteiger partial charge in [-0.2, -0.15) is 0 Å². The van der Waals surface area contributed by atoms with Gasteiger partial charge in [-0.1, -0.05) is 12.1 Å². The first-order valence-corrected chi connectivity index (χ1v) is 10.2. The van der Waals surface area contributed by atoms with E-state index in [4.69, 9.17) is 9.47 Å². The molecule has 0 amide bonds. The van der Waals surface area contributed by atoms with Crippen molar-refractivity contribution in [3.05, 3.63) is 46.9 Å². The molecule has 8 nitrogen and oxygen atoms in total. The van der Waals surface area contributed by atoms with E-state index < -0.39 is 17.9 Å². The number of aryl methyl sites for hydroxylation is 1. The van der Waals surface area contributed by atoms with E-state index >= 15 is 0 Å². The van der Waals surface area contributed by atoms with E-state index in [2.05, 4.69) is 9.72 Å². The minimum absolute atomic E-state index is 0.00833. The van der Waals surface area contributed by atoms with Crippen LogP contribution < -0.4 is 9.47 Å². The summed E-state index contributed by atoms with van der Waals surface area (Å²) in [6.45, 7) is 5.19. The van der Waals surface area contributed by atoms with E-state index in [-0.39, 0.29) is 18.3 Å². The number of carbonyl (C=O) groups excluding carboxylic acids is 1. The molecule has 1 aliphatic rings. The molecular formula is C22H29FN2O6. The summed E-state index contributed by atoms with van der Waals surface area (Å²) in [4.78, 5) is 16.4. The Hall–Kier alpha value is -2.62. The van der Waals surface area contributed by atoms with E-state index in [1.807, 2.05) is 18.7 Å². The third kappa shape index (κ3) is 5.55. The molecule has 0 bridgehead atoms. The standard InChI is InChI=1S/C22H29FN2O6/c1-14-15(2)24-20(31-21(27)29-3)19(14)30-13-18(26)12-25-10-8-22(28,9-11-25)16-4-6-17(23)7-5-16/h4-7,18,24,26,28H,8-13H2,1-3H3. The van der Waals surface area contributed by atoms with Gasteiger partial charge in [-0.15, -0.1) is 0 Å². The molecule has 0 saturated carbocycles. The number of aliphatic hydroxyl groups excluding tert-OH is 1. The van der Waals surface area contributed by atoms with Crippen LogP contribution in [-0.4, -0.2) is 65.7 Å². The highest BCUT2D eigenvalue weighted by atomic mass is 19.1. The average Bonchev–Trinajstić information content (AvgIpc) is 3.01. The zero-order chi connectivity index (χ0) is 22.6. The zero-order valence-corrected chi connectivity index (χ0v) is 18.0. The number of benzene rings is 1. The highest BCUT2D eigenvalue weighted by molar-refractivity contribution is 5.65. The highest BCUT2D eigenvalue weighted by Gasteiger charge is 2.34. The van der Waals surface area contributed by atoms with Crippen molar-refractivity contribution in [2.75, 3.05) is 33.4 Å². The number of H-pyrrole nitrogens is 1. The van der Waals surface area contributed by atoms with E-state index in [0.717, 1.165) is 11.3 Å². The molecule has 31 heavy (non-hydrogen) atoms. The van der Waals surface area contributed by atoms with Crippen LogP contribution in [0.15, 0.2) is 24.3 Å². The maximum absolute atomic E-state index is 13.1. The van der Waals surface area contributed by atoms with Crippen molar-refractivity contribution in [2.24, 2.45) is 0 Å². The van der Waals surface area contributed by atoms with Crippen molar-refractivity contribution < 1.29 is 33.6 Å². The number of nitrogens with one attached hydrogen (secondary N) is 1. The van der Waals surface area contributed by atoms with Crippen molar-refractivity contribution in [1.82, 2.24) is 9.88 Å². The molecule has 0 spiro atoms. The van der Waals surface area contributed by atoms with Gasteiger partial charge in [0.05, 0.1) is 12.7 Å². The molecular weight excluding hydrogens is 407 g/mol. The lowest BCUT2D eigenvalue weighted by molar-refractivity contribution is -0.0373. The smallest absolute Gasteiger partial charge is 0.485 e. The third-order valence-corrected chi connectivity index (χ3v) is 5.72.